The molecular weight excluding hydrogens is 418 g/mol. The summed E-state index contributed by atoms with van der Waals surface area (Å²) >= 11 is 0. The predicted octanol–water partition coefficient (Wildman–Crippen LogP) is 2.88. The van der Waals surface area contributed by atoms with Crippen LogP contribution in [-0.4, -0.2) is 69.2 Å². The number of urea groups is 1. The van der Waals surface area contributed by atoms with E-state index in [0.29, 0.717) is 12.4 Å². The number of benzene rings is 2. The molecule has 0 N–H and O–H groups in total. The SMILES string of the molecule is CN1C(=O)N(Cc2cccc3ccccc23)C(=O)C2C1=NC1=[N+](Cc3ccco3)CCCN12. The normalized spacial score (nSPS) is 20.5. The lowest BCUT2D eigenvalue weighted by Crippen LogP contribution is -2.64. The van der Waals surface area contributed by atoms with Gasteiger partial charge in [0.25, 0.3) is 5.91 Å². The van der Waals surface area contributed by atoms with Crippen LogP contribution in [0.15, 0.2) is 70.3 Å². The molecule has 0 radical (unpaired) electrons. The number of hydrogen-bond donors (Lipinski definition) is 0. The third kappa shape index (κ3) is 3.13. The molecule has 1 saturated heterocycles. The summed E-state index contributed by atoms with van der Waals surface area (Å²) in [5.74, 6) is 1.85. The molecule has 0 aliphatic carbocycles. The Hall–Kier alpha value is -3.94. The van der Waals surface area contributed by atoms with Crippen LogP contribution in [-0.2, 0) is 17.9 Å². The number of carbonyl (C=O) groups is 2. The molecule has 8 heteroatoms. The van der Waals surface area contributed by atoms with E-state index < -0.39 is 6.04 Å². The van der Waals surface area contributed by atoms with E-state index in [2.05, 4.69) is 4.58 Å². The molecule has 0 saturated carbocycles. The summed E-state index contributed by atoms with van der Waals surface area (Å²) < 4.78 is 7.64. The zero-order valence-electron chi connectivity index (χ0n) is 18.3. The zero-order valence-corrected chi connectivity index (χ0v) is 18.3. The van der Waals surface area contributed by atoms with Gasteiger partial charge in [0.15, 0.2) is 0 Å². The Morgan fingerprint density at radius 3 is 2.79 bits per heavy atom. The zero-order chi connectivity index (χ0) is 22.5. The van der Waals surface area contributed by atoms with E-state index in [-0.39, 0.29) is 18.5 Å². The number of guanidine groups is 1. The molecule has 4 heterocycles. The largest absolute Gasteiger partial charge is 0.466 e. The molecule has 3 amide bonds. The molecule has 1 atom stereocenters. The molecule has 8 nitrogen and oxygen atoms in total. The minimum atomic E-state index is -0.586. The highest BCUT2D eigenvalue weighted by molar-refractivity contribution is 6.25. The van der Waals surface area contributed by atoms with Crippen molar-refractivity contribution in [1.82, 2.24) is 14.7 Å². The van der Waals surface area contributed by atoms with E-state index in [1.54, 1.807) is 13.3 Å². The van der Waals surface area contributed by atoms with Crippen molar-refractivity contribution in [2.75, 3.05) is 20.1 Å². The van der Waals surface area contributed by atoms with Gasteiger partial charge in [0, 0.05) is 13.5 Å². The number of aliphatic imine (C=N–C) groups is 1. The van der Waals surface area contributed by atoms with Crippen LogP contribution >= 0.6 is 0 Å². The van der Waals surface area contributed by atoms with Gasteiger partial charge >= 0.3 is 12.0 Å². The van der Waals surface area contributed by atoms with Gasteiger partial charge in [-0.2, -0.15) is 0 Å². The topological polar surface area (TPSA) is 72.4 Å². The maximum absolute atomic E-state index is 13.7. The van der Waals surface area contributed by atoms with Crippen molar-refractivity contribution in [1.29, 1.82) is 0 Å². The van der Waals surface area contributed by atoms with Crippen molar-refractivity contribution < 1.29 is 18.6 Å². The number of nitrogens with zero attached hydrogens (tertiary/aromatic N) is 5. The molecule has 1 aromatic heterocycles. The Labute approximate surface area is 191 Å². The molecule has 3 aliphatic rings. The highest BCUT2D eigenvalue weighted by Gasteiger charge is 2.56. The Morgan fingerprint density at radius 1 is 1.09 bits per heavy atom. The van der Waals surface area contributed by atoms with Gasteiger partial charge in [-0.05, 0) is 28.5 Å². The summed E-state index contributed by atoms with van der Waals surface area (Å²) in [6.45, 7) is 2.35. The number of carbonyl (C=O) groups excluding carboxylic acids is 2. The second-order valence-electron chi connectivity index (χ2n) is 8.62. The number of imide groups is 1. The maximum Gasteiger partial charge on any atom is 0.392 e. The van der Waals surface area contributed by atoms with Crippen molar-refractivity contribution in [2.45, 2.75) is 25.6 Å². The molecule has 1 unspecified atom stereocenters. The Balaban J connectivity index is 1.35. The summed E-state index contributed by atoms with van der Waals surface area (Å²) in [5, 5.41) is 2.13. The number of amidine groups is 1. The monoisotopic (exact) mass is 442 g/mol. The lowest BCUT2D eigenvalue weighted by Gasteiger charge is -2.36. The standard InChI is InChI=1S/C25H24N5O3/c1-27-22-21(29-13-6-12-28(24(29)26-22)16-19-10-5-14-33-19)23(31)30(25(27)32)15-18-9-4-8-17-7-2-3-11-20(17)18/h2-5,7-11,14,21H,6,12-13,15-16H2,1H3/q+1. The van der Waals surface area contributed by atoms with Crippen LogP contribution in [0.1, 0.15) is 17.7 Å². The molecule has 6 rings (SSSR count). The van der Waals surface area contributed by atoms with Gasteiger partial charge in [-0.1, -0.05) is 47.5 Å². The number of hydrogen-bond acceptors (Lipinski definition) is 5. The lowest BCUT2D eigenvalue weighted by atomic mass is 10.0. The fourth-order valence-corrected chi connectivity index (χ4v) is 5.01. The second-order valence-corrected chi connectivity index (χ2v) is 8.62. The van der Waals surface area contributed by atoms with E-state index in [9.17, 15) is 9.59 Å². The number of rotatable bonds is 4. The first-order chi connectivity index (χ1) is 16.1. The first-order valence-electron chi connectivity index (χ1n) is 11.2. The highest BCUT2D eigenvalue weighted by Crippen LogP contribution is 2.28. The van der Waals surface area contributed by atoms with Crippen molar-refractivity contribution in [3.8, 4) is 0 Å². The van der Waals surface area contributed by atoms with Crippen LogP contribution in [0.2, 0.25) is 0 Å². The number of fused-ring (bicyclic) bond motifs is 4. The van der Waals surface area contributed by atoms with Gasteiger partial charge in [-0.15, -0.1) is 0 Å². The van der Waals surface area contributed by atoms with Crippen LogP contribution in [0.25, 0.3) is 10.8 Å². The van der Waals surface area contributed by atoms with Crippen LogP contribution in [0.3, 0.4) is 0 Å². The minimum Gasteiger partial charge on any atom is -0.466 e. The van der Waals surface area contributed by atoms with Gasteiger partial charge in [-0.3, -0.25) is 19.2 Å². The van der Waals surface area contributed by atoms with Gasteiger partial charge in [0.1, 0.15) is 12.3 Å². The van der Waals surface area contributed by atoms with Crippen LogP contribution in [0.5, 0.6) is 0 Å². The van der Waals surface area contributed by atoms with Crippen LogP contribution in [0, 0.1) is 0 Å². The quantitative estimate of drug-likeness (QED) is 0.583. The fourth-order valence-electron chi connectivity index (χ4n) is 5.01. The second kappa shape index (κ2) is 7.58. The molecule has 33 heavy (non-hydrogen) atoms. The van der Waals surface area contributed by atoms with Gasteiger partial charge < -0.3 is 4.42 Å². The summed E-state index contributed by atoms with van der Waals surface area (Å²) in [5.41, 5.74) is 0.948. The van der Waals surface area contributed by atoms with Crippen LogP contribution < -0.4 is 0 Å². The molecule has 0 spiro atoms. The molecule has 1 fully saturated rings. The molecule has 3 aliphatic heterocycles. The first-order valence-corrected chi connectivity index (χ1v) is 11.2. The average Bonchev–Trinajstić information content (AvgIpc) is 3.49. The maximum atomic E-state index is 13.7. The Bertz CT molecular complexity index is 1320. The van der Waals surface area contributed by atoms with Crippen molar-refractivity contribution in [3.63, 3.8) is 0 Å². The van der Waals surface area contributed by atoms with Gasteiger partial charge in [-0.25, -0.2) is 9.69 Å². The number of amides is 3. The summed E-state index contributed by atoms with van der Waals surface area (Å²) in [4.78, 5) is 36.6. The molecule has 166 valence electrons. The van der Waals surface area contributed by atoms with Crippen molar-refractivity contribution >= 4 is 34.5 Å². The molecule has 2 aromatic carbocycles. The molecule has 3 aromatic rings. The highest BCUT2D eigenvalue weighted by atomic mass is 16.3. The van der Waals surface area contributed by atoms with Crippen molar-refractivity contribution in [2.24, 2.45) is 4.99 Å². The number of furan rings is 1. The Morgan fingerprint density at radius 2 is 1.94 bits per heavy atom. The summed E-state index contributed by atoms with van der Waals surface area (Å²) in [7, 11) is 1.70. The van der Waals surface area contributed by atoms with Gasteiger partial charge in [0.2, 0.25) is 11.9 Å². The Kier molecular flexibility index (Phi) is 4.53. The van der Waals surface area contributed by atoms with E-state index >= 15 is 0 Å². The van der Waals surface area contributed by atoms with E-state index in [1.165, 1.54) is 9.80 Å². The summed E-state index contributed by atoms with van der Waals surface area (Å²) in [6.07, 6.45) is 2.56. The molecular formula is C25H24N5O3+. The van der Waals surface area contributed by atoms with Gasteiger partial charge in [0.05, 0.1) is 25.9 Å². The fraction of sp³-hybridized carbons (Fsp3) is 0.280. The smallest absolute Gasteiger partial charge is 0.392 e. The van der Waals surface area contributed by atoms with E-state index in [0.717, 1.165) is 47.6 Å². The van der Waals surface area contributed by atoms with Crippen molar-refractivity contribution in [3.05, 3.63) is 72.2 Å². The average molecular weight is 442 g/mol. The third-order valence-corrected chi connectivity index (χ3v) is 6.63. The van der Waals surface area contributed by atoms with E-state index in [4.69, 9.17) is 9.41 Å². The van der Waals surface area contributed by atoms with E-state index in [1.807, 2.05) is 59.5 Å². The third-order valence-electron chi connectivity index (χ3n) is 6.63. The lowest BCUT2D eigenvalue weighted by molar-refractivity contribution is -0.556. The predicted molar refractivity (Wildman–Crippen MR) is 123 cm³/mol. The summed E-state index contributed by atoms with van der Waals surface area (Å²) in [6, 6.07) is 16.9. The number of likely N-dealkylation sites (N-methyl/N-ethyl adjacent to an activating group) is 1. The van der Waals surface area contributed by atoms with Crippen LogP contribution in [0.4, 0.5) is 4.79 Å². The molecule has 0 bridgehead atoms. The first kappa shape index (κ1) is 19.7. The minimum absolute atomic E-state index is 0.223.